The third-order valence-electron chi connectivity index (χ3n) is 5.77. The van der Waals surface area contributed by atoms with Crippen LogP contribution in [-0.4, -0.2) is 34.5 Å². The van der Waals surface area contributed by atoms with Crippen LogP contribution in [0.25, 0.3) is 0 Å². The summed E-state index contributed by atoms with van der Waals surface area (Å²) in [6.45, 7) is 4.43. The average Bonchev–Trinajstić information content (AvgIpc) is 3.02. The van der Waals surface area contributed by atoms with Crippen molar-refractivity contribution in [2.45, 2.75) is 102 Å². The Hall–Kier alpha value is -0.380. The first kappa shape index (κ1) is 19.0. The molecule has 23 heavy (non-hydrogen) atoms. The molecule has 2 fully saturated rings. The minimum absolute atomic E-state index is 0.226. The summed E-state index contributed by atoms with van der Waals surface area (Å²) >= 11 is 0. The largest absolute Gasteiger partial charge is 0.392 e. The predicted molar refractivity (Wildman–Crippen MR) is 96.4 cm³/mol. The first-order valence-electron chi connectivity index (χ1n) is 9.96. The maximum absolute atomic E-state index is 10.3. The van der Waals surface area contributed by atoms with Crippen molar-refractivity contribution in [3.05, 3.63) is 12.2 Å². The van der Waals surface area contributed by atoms with Gasteiger partial charge in [0.05, 0.1) is 12.2 Å². The van der Waals surface area contributed by atoms with E-state index in [2.05, 4.69) is 25.2 Å². The zero-order valence-corrected chi connectivity index (χ0v) is 15.1. The molecule has 0 aromatic carbocycles. The number of nitrogens with one attached hydrogen (secondary N) is 1. The Labute approximate surface area is 142 Å². The van der Waals surface area contributed by atoms with Gasteiger partial charge in [-0.2, -0.15) is 0 Å². The van der Waals surface area contributed by atoms with Crippen LogP contribution in [0.1, 0.15) is 78.1 Å². The van der Waals surface area contributed by atoms with E-state index >= 15 is 0 Å². The van der Waals surface area contributed by atoms with Gasteiger partial charge >= 0.3 is 0 Å². The SMILES string of the molecule is CCCCC[C@H]1C[C@@H]2[C@@H](C=C[C@@H](O)CCCCC)[C@H](O)C[C@@H]2N1. The normalized spacial score (nSPS) is 35.0. The Kier molecular flexibility index (Phi) is 8.08. The molecule has 0 unspecified atom stereocenters. The topological polar surface area (TPSA) is 52.5 Å². The summed E-state index contributed by atoms with van der Waals surface area (Å²) in [5, 5.41) is 24.2. The van der Waals surface area contributed by atoms with Gasteiger partial charge < -0.3 is 15.5 Å². The van der Waals surface area contributed by atoms with Crippen molar-refractivity contribution >= 4 is 0 Å². The van der Waals surface area contributed by atoms with Crippen LogP contribution < -0.4 is 5.32 Å². The molecule has 3 nitrogen and oxygen atoms in total. The minimum atomic E-state index is -0.345. The highest BCUT2D eigenvalue weighted by atomic mass is 16.3. The molecule has 3 N–H and O–H groups in total. The van der Waals surface area contributed by atoms with E-state index in [9.17, 15) is 10.2 Å². The Morgan fingerprint density at radius 1 is 1.09 bits per heavy atom. The second-order valence-corrected chi connectivity index (χ2v) is 7.69. The lowest BCUT2D eigenvalue weighted by atomic mass is 9.89. The summed E-state index contributed by atoms with van der Waals surface area (Å²) in [6, 6.07) is 1.11. The molecule has 0 amide bonds. The van der Waals surface area contributed by atoms with E-state index in [4.69, 9.17) is 0 Å². The number of aliphatic hydroxyl groups is 2. The molecule has 1 aliphatic heterocycles. The Balaban J connectivity index is 1.80. The third kappa shape index (κ3) is 5.58. The summed E-state index contributed by atoms with van der Waals surface area (Å²) < 4.78 is 0. The average molecular weight is 324 g/mol. The van der Waals surface area contributed by atoms with Crippen LogP contribution in [0.2, 0.25) is 0 Å². The van der Waals surface area contributed by atoms with Gasteiger partial charge in [0.25, 0.3) is 0 Å². The van der Waals surface area contributed by atoms with Crippen LogP contribution in [0, 0.1) is 11.8 Å². The monoisotopic (exact) mass is 323 g/mol. The van der Waals surface area contributed by atoms with Crippen LogP contribution in [0.3, 0.4) is 0 Å². The number of hydrogen-bond acceptors (Lipinski definition) is 3. The molecular weight excluding hydrogens is 286 g/mol. The minimum Gasteiger partial charge on any atom is -0.392 e. The Morgan fingerprint density at radius 3 is 2.57 bits per heavy atom. The van der Waals surface area contributed by atoms with E-state index in [0.717, 1.165) is 19.3 Å². The fraction of sp³-hybridized carbons (Fsp3) is 0.900. The highest BCUT2D eigenvalue weighted by Crippen LogP contribution is 2.41. The van der Waals surface area contributed by atoms with Gasteiger partial charge in [-0.15, -0.1) is 0 Å². The van der Waals surface area contributed by atoms with Crippen molar-refractivity contribution in [1.29, 1.82) is 0 Å². The standard InChI is InChI=1S/C20H37NO2/c1-3-5-7-9-15-13-18-17(20(23)14-19(18)21-15)12-11-16(22)10-8-6-4-2/h11-12,15-23H,3-10,13-14H2,1-2H3/t15-,16-,17+,18+,19-,20+/m0/s1. The molecule has 3 heteroatoms. The molecule has 0 aromatic rings. The fourth-order valence-electron chi connectivity index (χ4n) is 4.43. The van der Waals surface area contributed by atoms with Gasteiger partial charge in [0.15, 0.2) is 0 Å². The highest BCUT2D eigenvalue weighted by Gasteiger charge is 2.46. The Bertz CT molecular complexity index is 358. The first-order valence-corrected chi connectivity index (χ1v) is 9.96. The third-order valence-corrected chi connectivity index (χ3v) is 5.77. The molecule has 1 saturated carbocycles. The van der Waals surface area contributed by atoms with E-state index < -0.39 is 0 Å². The van der Waals surface area contributed by atoms with Gasteiger partial charge in [-0.1, -0.05) is 64.5 Å². The van der Waals surface area contributed by atoms with E-state index in [1.165, 1.54) is 44.9 Å². The molecule has 2 aliphatic rings. The van der Waals surface area contributed by atoms with Crippen molar-refractivity contribution in [2.75, 3.05) is 0 Å². The second kappa shape index (κ2) is 9.80. The van der Waals surface area contributed by atoms with E-state index in [1.807, 2.05) is 6.08 Å². The number of aliphatic hydroxyl groups excluding tert-OH is 2. The summed E-state index contributed by atoms with van der Waals surface area (Å²) in [7, 11) is 0. The van der Waals surface area contributed by atoms with Crippen molar-refractivity contribution < 1.29 is 10.2 Å². The molecule has 1 aliphatic carbocycles. The molecule has 0 radical (unpaired) electrons. The molecule has 134 valence electrons. The van der Waals surface area contributed by atoms with Crippen LogP contribution >= 0.6 is 0 Å². The van der Waals surface area contributed by atoms with Crippen LogP contribution in [0.15, 0.2) is 12.2 Å². The van der Waals surface area contributed by atoms with Gasteiger partial charge in [0.2, 0.25) is 0 Å². The zero-order chi connectivity index (χ0) is 16.7. The van der Waals surface area contributed by atoms with Crippen LogP contribution in [-0.2, 0) is 0 Å². The Morgan fingerprint density at radius 2 is 1.83 bits per heavy atom. The van der Waals surface area contributed by atoms with Crippen molar-refractivity contribution in [3.8, 4) is 0 Å². The van der Waals surface area contributed by atoms with Crippen molar-refractivity contribution in [2.24, 2.45) is 11.8 Å². The highest BCUT2D eigenvalue weighted by molar-refractivity contribution is 5.09. The summed E-state index contributed by atoms with van der Waals surface area (Å²) in [6.07, 6.45) is 15.0. The van der Waals surface area contributed by atoms with Gasteiger partial charge in [-0.25, -0.2) is 0 Å². The van der Waals surface area contributed by atoms with E-state index in [0.29, 0.717) is 18.0 Å². The van der Waals surface area contributed by atoms with Gasteiger partial charge in [-0.05, 0) is 31.6 Å². The van der Waals surface area contributed by atoms with Gasteiger partial charge in [0, 0.05) is 18.0 Å². The van der Waals surface area contributed by atoms with Crippen molar-refractivity contribution in [3.63, 3.8) is 0 Å². The maximum Gasteiger partial charge on any atom is 0.0721 e. The summed E-state index contributed by atoms with van der Waals surface area (Å²) in [4.78, 5) is 0. The molecule has 0 spiro atoms. The summed E-state index contributed by atoms with van der Waals surface area (Å²) in [5.41, 5.74) is 0. The fourth-order valence-corrected chi connectivity index (χ4v) is 4.43. The number of hydrogen-bond donors (Lipinski definition) is 3. The second-order valence-electron chi connectivity index (χ2n) is 7.69. The molecule has 2 rings (SSSR count). The number of fused-ring (bicyclic) bond motifs is 1. The van der Waals surface area contributed by atoms with Crippen LogP contribution in [0.4, 0.5) is 0 Å². The predicted octanol–water partition coefficient (Wildman–Crippen LogP) is 3.79. The molecular formula is C20H37NO2. The van der Waals surface area contributed by atoms with E-state index in [1.54, 1.807) is 0 Å². The maximum atomic E-state index is 10.3. The lowest BCUT2D eigenvalue weighted by molar-refractivity contribution is 0.135. The van der Waals surface area contributed by atoms with Gasteiger partial charge in [-0.3, -0.25) is 0 Å². The zero-order valence-electron chi connectivity index (χ0n) is 15.1. The number of rotatable bonds is 10. The van der Waals surface area contributed by atoms with Crippen LogP contribution in [0.5, 0.6) is 0 Å². The lowest BCUT2D eigenvalue weighted by Crippen LogP contribution is -2.30. The molecule has 1 heterocycles. The molecule has 0 aromatic heterocycles. The lowest BCUT2D eigenvalue weighted by Gasteiger charge is -2.18. The van der Waals surface area contributed by atoms with Gasteiger partial charge in [0.1, 0.15) is 0 Å². The van der Waals surface area contributed by atoms with E-state index in [-0.39, 0.29) is 18.1 Å². The van der Waals surface area contributed by atoms with Crippen molar-refractivity contribution in [1.82, 2.24) is 5.32 Å². The smallest absolute Gasteiger partial charge is 0.0721 e. The molecule has 0 bridgehead atoms. The summed E-state index contributed by atoms with van der Waals surface area (Å²) in [5.74, 6) is 0.778. The molecule has 6 atom stereocenters. The quantitative estimate of drug-likeness (QED) is 0.423. The molecule has 1 saturated heterocycles. The number of unbranched alkanes of at least 4 members (excludes halogenated alkanes) is 4. The first-order chi connectivity index (χ1) is 11.2.